The average Bonchev–Trinajstić information content (AvgIpc) is 2.82. The summed E-state index contributed by atoms with van der Waals surface area (Å²) in [6.07, 6.45) is 38.7. The van der Waals surface area contributed by atoms with Gasteiger partial charge in [0.05, 0.1) is 5.60 Å². The van der Waals surface area contributed by atoms with Crippen molar-refractivity contribution in [3.05, 3.63) is 0 Å². The van der Waals surface area contributed by atoms with Crippen LogP contribution in [0, 0.1) is 10.8 Å². The van der Waals surface area contributed by atoms with E-state index in [0.717, 1.165) is 17.4 Å². The fourth-order valence-corrected chi connectivity index (χ4v) is 8.08. The van der Waals surface area contributed by atoms with Crippen LogP contribution in [0.25, 0.3) is 0 Å². The minimum absolute atomic E-state index is 0.358. The van der Waals surface area contributed by atoms with E-state index in [-0.39, 0.29) is 0 Å². The van der Waals surface area contributed by atoms with E-state index in [1.807, 2.05) is 0 Å². The first kappa shape index (κ1) is 24.1. The van der Waals surface area contributed by atoms with Gasteiger partial charge in [0, 0.05) is 6.61 Å². The van der Waals surface area contributed by atoms with Gasteiger partial charge in [-0.15, -0.1) is 0 Å². The highest BCUT2D eigenvalue weighted by atomic mass is 16.5. The Morgan fingerprint density at radius 1 is 0.290 bits per heavy atom. The Hall–Kier alpha value is -0.0400. The van der Waals surface area contributed by atoms with E-state index >= 15 is 0 Å². The molecule has 6 aliphatic rings. The molecule has 0 aromatic rings. The Bertz CT molecular complexity index is 402. The van der Waals surface area contributed by atoms with Gasteiger partial charge in [0.25, 0.3) is 0 Å². The maximum absolute atomic E-state index is 5.91. The van der Waals surface area contributed by atoms with Crippen LogP contribution >= 0.6 is 0 Å². The van der Waals surface area contributed by atoms with Crippen LogP contribution in [0.15, 0.2) is 0 Å². The van der Waals surface area contributed by atoms with Crippen LogP contribution < -0.4 is 0 Å². The van der Waals surface area contributed by atoms with Crippen molar-refractivity contribution in [3.63, 3.8) is 0 Å². The molecule has 0 aromatic heterocycles. The van der Waals surface area contributed by atoms with Gasteiger partial charge in [-0.3, -0.25) is 0 Å². The highest BCUT2D eigenvalue weighted by Gasteiger charge is 2.37. The topological polar surface area (TPSA) is 9.23 Å². The zero-order chi connectivity index (χ0) is 21.3. The minimum Gasteiger partial charge on any atom is -0.375 e. The molecule has 0 unspecified atom stereocenters. The first-order chi connectivity index (χ1) is 15.2. The van der Waals surface area contributed by atoms with Crippen molar-refractivity contribution in [1.29, 1.82) is 0 Å². The third-order valence-electron chi connectivity index (χ3n) is 10.4. The molecule has 1 saturated heterocycles. The van der Waals surface area contributed by atoms with Gasteiger partial charge in [-0.2, -0.15) is 0 Å². The third kappa shape index (κ3) is 6.97. The SMILES string of the molecule is C1CCC2(CC1)CCC2.C1CCC2(CC1)CCCCC2.C1CCC2(CC1)CCCCO2. The molecule has 5 aliphatic carbocycles. The average molecular weight is 431 g/mol. The molecule has 5 saturated carbocycles. The van der Waals surface area contributed by atoms with Crippen molar-refractivity contribution in [2.75, 3.05) is 6.61 Å². The van der Waals surface area contributed by atoms with Gasteiger partial charge in [-0.25, -0.2) is 0 Å². The van der Waals surface area contributed by atoms with E-state index in [2.05, 4.69) is 0 Å². The van der Waals surface area contributed by atoms with Crippen molar-refractivity contribution in [1.82, 2.24) is 0 Å². The molecule has 0 radical (unpaired) electrons. The molecule has 1 aliphatic heterocycles. The van der Waals surface area contributed by atoms with E-state index in [0.29, 0.717) is 5.60 Å². The lowest BCUT2D eigenvalue weighted by molar-refractivity contribution is -0.0993. The predicted molar refractivity (Wildman–Crippen MR) is 134 cm³/mol. The molecule has 180 valence electrons. The Morgan fingerprint density at radius 3 is 0.935 bits per heavy atom. The molecule has 0 aromatic carbocycles. The van der Waals surface area contributed by atoms with Crippen molar-refractivity contribution in [2.24, 2.45) is 10.8 Å². The maximum atomic E-state index is 5.91. The molecular formula is C30H54O. The quantitative estimate of drug-likeness (QED) is 0.371. The second-order valence-corrected chi connectivity index (χ2v) is 12.6. The third-order valence-corrected chi connectivity index (χ3v) is 10.4. The summed E-state index contributed by atoms with van der Waals surface area (Å²) in [4.78, 5) is 0. The van der Waals surface area contributed by atoms with E-state index in [9.17, 15) is 0 Å². The lowest BCUT2D eigenvalue weighted by Gasteiger charge is -2.45. The fourth-order valence-electron chi connectivity index (χ4n) is 8.08. The first-order valence-corrected chi connectivity index (χ1v) is 14.9. The van der Waals surface area contributed by atoms with Gasteiger partial charge >= 0.3 is 0 Å². The molecule has 3 spiro atoms. The lowest BCUT2D eigenvalue weighted by Crippen LogP contribution is -2.37. The fraction of sp³-hybridized carbons (Fsp3) is 1.00. The first-order valence-electron chi connectivity index (χ1n) is 14.9. The van der Waals surface area contributed by atoms with Gasteiger partial charge in [-0.05, 0) is 94.3 Å². The summed E-state index contributed by atoms with van der Waals surface area (Å²) in [7, 11) is 0. The van der Waals surface area contributed by atoms with Crippen LogP contribution in [0.2, 0.25) is 0 Å². The number of hydrogen-bond acceptors (Lipinski definition) is 1. The summed E-state index contributed by atoms with van der Waals surface area (Å²) in [5, 5.41) is 0. The van der Waals surface area contributed by atoms with Crippen LogP contribution in [0.4, 0.5) is 0 Å². The molecule has 1 heteroatoms. The molecular weight excluding hydrogens is 376 g/mol. The molecule has 0 N–H and O–H groups in total. The Balaban J connectivity index is 0.000000113. The van der Waals surface area contributed by atoms with Crippen LogP contribution in [0.1, 0.15) is 167 Å². The van der Waals surface area contributed by atoms with Crippen LogP contribution in [-0.4, -0.2) is 12.2 Å². The highest BCUT2D eigenvalue weighted by molar-refractivity contribution is 4.89. The van der Waals surface area contributed by atoms with Gasteiger partial charge in [0.1, 0.15) is 0 Å². The Kier molecular flexibility index (Phi) is 9.25. The summed E-state index contributed by atoms with van der Waals surface area (Å²) in [5.74, 6) is 0. The van der Waals surface area contributed by atoms with E-state index < -0.39 is 0 Å². The summed E-state index contributed by atoms with van der Waals surface area (Å²) in [6.45, 7) is 1.03. The molecule has 6 rings (SSSR count). The van der Waals surface area contributed by atoms with Gasteiger partial charge in [0.2, 0.25) is 0 Å². The van der Waals surface area contributed by atoms with Crippen molar-refractivity contribution in [2.45, 2.75) is 173 Å². The maximum Gasteiger partial charge on any atom is 0.0682 e. The highest BCUT2D eigenvalue weighted by Crippen LogP contribution is 2.51. The van der Waals surface area contributed by atoms with Gasteiger partial charge in [-0.1, -0.05) is 83.5 Å². The minimum atomic E-state index is 0.358. The summed E-state index contributed by atoms with van der Waals surface area (Å²) >= 11 is 0. The number of ether oxygens (including phenoxy) is 1. The van der Waals surface area contributed by atoms with Crippen LogP contribution in [0.3, 0.4) is 0 Å². The summed E-state index contributed by atoms with van der Waals surface area (Å²) in [5.41, 5.74) is 2.12. The predicted octanol–water partition coefficient (Wildman–Crippen LogP) is 9.91. The molecule has 6 fully saturated rings. The smallest absolute Gasteiger partial charge is 0.0682 e. The van der Waals surface area contributed by atoms with E-state index in [4.69, 9.17) is 4.74 Å². The molecule has 1 heterocycles. The Labute approximate surface area is 194 Å². The van der Waals surface area contributed by atoms with Crippen molar-refractivity contribution in [3.8, 4) is 0 Å². The zero-order valence-corrected chi connectivity index (χ0v) is 21.0. The lowest BCUT2D eigenvalue weighted by atomic mass is 9.61. The molecule has 31 heavy (non-hydrogen) atoms. The van der Waals surface area contributed by atoms with Crippen molar-refractivity contribution < 1.29 is 4.74 Å². The number of rotatable bonds is 0. The molecule has 0 atom stereocenters. The molecule has 0 bridgehead atoms. The van der Waals surface area contributed by atoms with E-state index in [1.165, 1.54) is 116 Å². The second-order valence-electron chi connectivity index (χ2n) is 12.6. The largest absolute Gasteiger partial charge is 0.375 e. The zero-order valence-electron chi connectivity index (χ0n) is 21.0. The van der Waals surface area contributed by atoms with Crippen molar-refractivity contribution >= 4 is 0 Å². The van der Waals surface area contributed by atoms with Crippen LogP contribution in [0.5, 0.6) is 0 Å². The monoisotopic (exact) mass is 430 g/mol. The summed E-state index contributed by atoms with van der Waals surface area (Å²) in [6, 6.07) is 0. The van der Waals surface area contributed by atoms with Crippen LogP contribution in [-0.2, 0) is 4.74 Å². The van der Waals surface area contributed by atoms with Gasteiger partial charge in [0.15, 0.2) is 0 Å². The number of hydrogen-bond donors (Lipinski definition) is 0. The molecule has 0 amide bonds. The molecule has 1 nitrogen and oxygen atoms in total. The Morgan fingerprint density at radius 2 is 0.613 bits per heavy atom. The second kappa shape index (κ2) is 11.9. The normalized spacial score (nSPS) is 31.0. The van der Waals surface area contributed by atoms with Gasteiger partial charge < -0.3 is 4.74 Å². The summed E-state index contributed by atoms with van der Waals surface area (Å²) < 4.78 is 5.91. The standard InChI is InChI=1S/C11H20.C10H18O.C9H16/c1-3-7-11(8-4-1)9-5-2-6-10-11;1-2-6-10(7-3-1)8-4-5-9-11-10;1-2-5-9(6-3-1)7-4-8-9/h1-10H2;1-9H2;1-8H2. The van der Waals surface area contributed by atoms with E-state index in [1.54, 1.807) is 51.4 Å².